The summed E-state index contributed by atoms with van der Waals surface area (Å²) in [5, 5.41) is 6.29. The predicted molar refractivity (Wildman–Crippen MR) is 120 cm³/mol. The summed E-state index contributed by atoms with van der Waals surface area (Å²) in [5.74, 6) is 0.107. The fraction of sp³-hybridized carbons (Fsp3) is 0.240. The van der Waals surface area contributed by atoms with E-state index >= 15 is 0 Å². The van der Waals surface area contributed by atoms with Crippen LogP contribution < -0.4 is 20.1 Å². The van der Waals surface area contributed by atoms with Crippen LogP contribution in [-0.2, 0) is 4.79 Å². The summed E-state index contributed by atoms with van der Waals surface area (Å²) in [6.45, 7) is 4.27. The minimum atomic E-state index is -0.656. The van der Waals surface area contributed by atoms with Crippen LogP contribution in [-0.4, -0.2) is 19.6 Å². The molecule has 0 radical (unpaired) electrons. The van der Waals surface area contributed by atoms with Gasteiger partial charge in [-0.1, -0.05) is 48.5 Å². The Kier molecular flexibility index (Phi) is 7.62. The summed E-state index contributed by atoms with van der Waals surface area (Å²) < 4.78 is 24.8. The number of carbonyl (C=O) groups is 1. The highest BCUT2D eigenvalue weighted by molar-refractivity contribution is 5.96. The van der Waals surface area contributed by atoms with Crippen molar-refractivity contribution in [3.8, 4) is 11.5 Å². The Morgan fingerprint density at radius 1 is 0.968 bits per heavy atom. The lowest BCUT2D eigenvalue weighted by Crippen LogP contribution is -2.34. The van der Waals surface area contributed by atoms with E-state index in [-0.39, 0.29) is 17.7 Å². The maximum atomic E-state index is 14.2. The Balaban J connectivity index is 1.85. The Labute approximate surface area is 182 Å². The minimum Gasteiger partial charge on any atom is -0.494 e. The molecule has 3 aromatic carbocycles. The zero-order valence-electron chi connectivity index (χ0n) is 17.9. The number of anilines is 1. The molecule has 3 rings (SSSR count). The number of hydrogen-bond donors (Lipinski definition) is 2. The Morgan fingerprint density at radius 3 is 2.35 bits per heavy atom. The normalized spacial score (nSPS) is 12.6. The van der Waals surface area contributed by atoms with Crippen molar-refractivity contribution in [2.45, 2.75) is 25.9 Å². The monoisotopic (exact) mass is 422 g/mol. The van der Waals surface area contributed by atoms with Gasteiger partial charge in [0.2, 0.25) is 5.91 Å². The van der Waals surface area contributed by atoms with Crippen molar-refractivity contribution in [1.82, 2.24) is 5.32 Å². The van der Waals surface area contributed by atoms with E-state index in [9.17, 15) is 9.18 Å². The van der Waals surface area contributed by atoms with Crippen molar-refractivity contribution >= 4 is 11.6 Å². The van der Waals surface area contributed by atoms with Crippen molar-refractivity contribution in [2.24, 2.45) is 0 Å². The third kappa shape index (κ3) is 5.61. The first kappa shape index (κ1) is 22.3. The average Bonchev–Trinajstić information content (AvgIpc) is 2.79. The lowest BCUT2D eigenvalue weighted by Gasteiger charge is -2.24. The summed E-state index contributed by atoms with van der Waals surface area (Å²) in [4.78, 5) is 13.3. The van der Waals surface area contributed by atoms with E-state index in [4.69, 9.17) is 9.47 Å². The second kappa shape index (κ2) is 10.6. The third-order valence-corrected chi connectivity index (χ3v) is 4.93. The largest absolute Gasteiger partial charge is 0.494 e. The van der Waals surface area contributed by atoms with Crippen LogP contribution in [0.25, 0.3) is 0 Å². The second-order valence-corrected chi connectivity index (χ2v) is 7.04. The van der Waals surface area contributed by atoms with Crippen LogP contribution in [0.2, 0.25) is 0 Å². The van der Waals surface area contributed by atoms with Crippen LogP contribution >= 0.6 is 0 Å². The molecule has 3 aromatic rings. The van der Waals surface area contributed by atoms with Gasteiger partial charge in [-0.15, -0.1) is 0 Å². The van der Waals surface area contributed by atoms with Gasteiger partial charge in [0.15, 0.2) is 11.6 Å². The van der Waals surface area contributed by atoms with Gasteiger partial charge in [-0.2, -0.15) is 0 Å². The summed E-state index contributed by atoms with van der Waals surface area (Å²) >= 11 is 0. The number of benzene rings is 3. The maximum Gasteiger partial charge on any atom is 0.246 e. The molecule has 2 atom stereocenters. The topological polar surface area (TPSA) is 59.6 Å². The molecule has 0 bridgehead atoms. The number of hydrogen-bond acceptors (Lipinski definition) is 4. The molecule has 0 spiro atoms. The van der Waals surface area contributed by atoms with E-state index in [0.717, 1.165) is 5.56 Å². The lowest BCUT2D eigenvalue weighted by molar-refractivity contribution is -0.118. The molecule has 0 saturated carbocycles. The molecule has 31 heavy (non-hydrogen) atoms. The highest BCUT2D eigenvalue weighted by atomic mass is 19.1. The van der Waals surface area contributed by atoms with Crippen LogP contribution in [0.4, 0.5) is 10.1 Å². The number of halogens is 1. The predicted octanol–water partition coefficient (Wildman–Crippen LogP) is 5.26. The summed E-state index contributed by atoms with van der Waals surface area (Å²) in [6, 6.07) is 20.6. The third-order valence-electron chi connectivity index (χ3n) is 4.93. The number of rotatable bonds is 9. The fourth-order valence-corrected chi connectivity index (χ4v) is 3.32. The van der Waals surface area contributed by atoms with Crippen LogP contribution in [0.15, 0.2) is 72.8 Å². The lowest BCUT2D eigenvalue weighted by atomic mass is 10.0. The van der Waals surface area contributed by atoms with E-state index in [1.54, 1.807) is 18.2 Å². The van der Waals surface area contributed by atoms with Gasteiger partial charge in [0.05, 0.1) is 19.4 Å². The molecule has 0 aliphatic heterocycles. The van der Waals surface area contributed by atoms with Gasteiger partial charge in [0.1, 0.15) is 11.8 Å². The SMILES string of the molecule is CCOc1ccccc1NC(=O)C(NC(C)c1ccc(OC)c(F)c1)c1ccccc1. The van der Waals surface area contributed by atoms with Crippen molar-refractivity contribution in [3.63, 3.8) is 0 Å². The number of ether oxygens (including phenoxy) is 2. The molecule has 162 valence electrons. The van der Waals surface area contributed by atoms with Gasteiger partial charge in [-0.3, -0.25) is 10.1 Å². The van der Waals surface area contributed by atoms with E-state index in [1.807, 2.05) is 62.4 Å². The summed E-state index contributed by atoms with van der Waals surface area (Å²) in [6.07, 6.45) is 0. The molecule has 0 aliphatic rings. The molecular weight excluding hydrogens is 395 g/mol. The van der Waals surface area contributed by atoms with Crippen LogP contribution in [0, 0.1) is 5.82 Å². The maximum absolute atomic E-state index is 14.2. The number of amides is 1. The average molecular weight is 423 g/mol. The van der Waals surface area contributed by atoms with Gasteiger partial charge in [-0.25, -0.2) is 4.39 Å². The quantitative estimate of drug-likeness (QED) is 0.494. The molecule has 0 saturated heterocycles. The van der Waals surface area contributed by atoms with Crippen molar-refractivity contribution in [2.75, 3.05) is 19.0 Å². The first-order valence-electron chi connectivity index (χ1n) is 10.2. The van der Waals surface area contributed by atoms with Crippen LogP contribution in [0.1, 0.15) is 37.1 Å². The smallest absolute Gasteiger partial charge is 0.246 e. The minimum absolute atomic E-state index is 0.181. The molecule has 5 nitrogen and oxygen atoms in total. The van der Waals surface area contributed by atoms with Crippen molar-refractivity contribution < 1.29 is 18.7 Å². The van der Waals surface area contributed by atoms with Gasteiger partial charge in [-0.05, 0) is 49.2 Å². The molecule has 2 unspecified atom stereocenters. The van der Waals surface area contributed by atoms with Gasteiger partial charge in [0, 0.05) is 6.04 Å². The van der Waals surface area contributed by atoms with Crippen molar-refractivity contribution in [1.29, 1.82) is 0 Å². The fourth-order valence-electron chi connectivity index (χ4n) is 3.32. The summed E-state index contributed by atoms with van der Waals surface area (Å²) in [7, 11) is 1.43. The molecule has 0 aliphatic carbocycles. The Bertz CT molecular complexity index is 1010. The van der Waals surface area contributed by atoms with Gasteiger partial charge < -0.3 is 14.8 Å². The molecule has 0 heterocycles. The number of nitrogens with one attached hydrogen (secondary N) is 2. The molecule has 0 aromatic heterocycles. The van der Waals surface area contributed by atoms with E-state index < -0.39 is 11.9 Å². The van der Waals surface area contributed by atoms with Crippen LogP contribution in [0.5, 0.6) is 11.5 Å². The number of carbonyl (C=O) groups excluding carboxylic acids is 1. The van der Waals surface area contributed by atoms with E-state index in [2.05, 4.69) is 10.6 Å². The van der Waals surface area contributed by atoms with E-state index in [0.29, 0.717) is 23.6 Å². The van der Waals surface area contributed by atoms with Crippen molar-refractivity contribution in [3.05, 3.63) is 89.7 Å². The van der Waals surface area contributed by atoms with Gasteiger partial charge >= 0.3 is 0 Å². The number of methoxy groups -OCH3 is 1. The van der Waals surface area contributed by atoms with E-state index in [1.165, 1.54) is 13.2 Å². The standard InChI is InChI=1S/C25H27FN2O3/c1-4-31-23-13-9-8-12-21(23)28-25(29)24(18-10-6-5-7-11-18)27-17(2)19-14-15-22(30-3)20(26)16-19/h5-17,24,27H,4H2,1-3H3,(H,28,29). The van der Waals surface area contributed by atoms with Gasteiger partial charge in [0.25, 0.3) is 0 Å². The second-order valence-electron chi connectivity index (χ2n) is 7.04. The molecule has 6 heteroatoms. The van der Waals surface area contributed by atoms with Crippen LogP contribution in [0.3, 0.4) is 0 Å². The molecule has 0 fully saturated rings. The first-order valence-corrected chi connectivity index (χ1v) is 10.2. The highest BCUT2D eigenvalue weighted by Crippen LogP contribution is 2.28. The highest BCUT2D eigenvalue weighted by Gasteiger charge is 2.24. The Morgan fingerprint density at radius 2 is 1.68 bits per heavy atom. The summed E-state index contributed by atoms with van der Waals surface area (Å²) in [5.41, 5.74) is 2.11. The zero-order valence-corrected chi connectivity index (χ0v) is 17.9. The molecule has 2 N–H and O–H groups in total. The number of para-hydroxylation sites is 2. The first-order chi connectivity index (χ1) is 15.0. The molecular formula is C25H27FN2O3. The Hall–Kier alpha value is -3.38. The molecule has 1 amide bonds. The zero-order chi connectivity index (χ0) is 22.2.